The number of benzene rings is 1. The Balaban J connectivity index is 2.08. The van der Waals surface area contributed by atoms with Crippen molar-refractivity contribution in [3.63, 3.8) is 0 Å². The maximum absolute atomic E-state index is 13.3. The molecule has 0 spiro atoms. The molecule has 236 valence electrons. The van der Waals surface area contributed by atoms with E-state index in [0.717, 1.165) is 16.5 Å². The van der Waals surface area contributed by atoms with Crippen LogP contribution < -0.4 is 44.6 Å². The number of rotatable bonds is 18. The van der Waals surface area contributed by atoms with Crippen LogP contribution in [-0.2, 0) is 25.6 Å². The molecule has 0 aliphatic heterocycles. The van der Waals surface area contributed by atoms with E-state index in [4.69, 9.17) is 28.7 Å². The van der Waals surface area contributed by atoms with E-state index in [0.29, 0.717) is 6.42 Å². The molecule has 0 bridgehead atoms. The molecule has 3 amide bonds. The summed E-state index contributed by atoms with van der Waals surface area (Å²) < 4.78 is 0. The van der Waals surface area contributed by atoms with E-state index in [1.807, 2.05) is 24.3 Å². The Morgan fingerprint density at radius 2 is 1.37 bits per heavy atom. The molecule has 0 aliphatic carbocycles. The van der Waals surface area contributed by atoms with E-state index in [9.17, 15) is 24.3 Å². The summed E-state index contributed by atoms with van der Waals surface area (Å²) in [6, 6.07) is 3.05. The average Bonchev–Trinajstić information content (AvgIpc) is 3.36. The molecule has 0 aliphatic rings. The number of aliphatic imine (C=N–C) groups is 2. The third-order valence-corrected chi connectivity index (χ3v) is 6.77. The highest BCUT2D eigenvalue weighted by atomic mass is 32.1. The van der Waals surface area contributed by atoms with Crippen molar-refractivity contribution in [2.75, 3.05) is 18.8 Å². The van der Waals surface area contributed by atoms with Crippen LogP contribution >= 0.6 is 12.6 Å². The summed E-state index contributed by atoms with van der Waals surface area (Å²) in [6.07, 6.45) is 2.76. The lowest BCUT2D eigenvalue weighted by Crippen LogP contribution is -2.57. The maximum atomic E-state index is 13.3. The first-order valence-electron chi connectivity index (χ1n) is 13.6. The van der Waals surface area contributed by atoms with Crippen molar-refractivity contribution < 1.29 is 24.3 Å². The number of carbonyl (C=O) groups excluding carboxylic acids is 3. The number of amides is 3. The van der Waals surface area contributed by atoms with E-state index in [-0.39, 0.29) is 56.4 Å². The summed E-state index contributed by atoms with van der Waals surface area (Å²) in [5, 5.41) is 18.0. The fraction of sp³-hybridized carbons (Fsp3) is 0.462. The molecule has 0 fully saturated rings. The number of aromatic amines is 1. The number of para-hydroxylation sites is 1. The first kappa shape index (κ1) is 34.7. The van der Waals surface area contributed by atoms with Crippen molar-refractivity contribution in [1.29, 1.82) is 0 Å². The van der Waals surface area contributed by atoms with Gasteiger partial charge in [-0.15, -0.1) is 0 Å². The minimum Gasteiger partial charge on any atom is -0.480 e. The standard InChI is InChI=1S/C26H41N11O5S/c27-16(11-14-12-34-17-6-2-1-5-15(14)17)21(38)35-18(7-3-9-32-25(28)29)22(39)37-20(13-43)23(40)36-19(24(41)42)8-4-10-33-26(30)31/h1-2,5-6,12,16,18-20,34,43H,3-4,7-11,13,27H2,(H,35,38)(H,36,40)(H,37,39)(H,41,42)(H4,28,29,32)(H4,30,31,33). The van der Waals surface area contributed by atoms with Gasteiger partial charge in [-0.05, 0) is 43.7 Å². The Labute approximate surface area is 254 Å². The monoisotopic (exact) mass is 619 g/mol. The highest BCUT2D eigenvalue weighted by Gasteiger charge is 2.29. The lowest BCUT2D eigenvalue weighted by Gasteiger charge is -2.24. The highest BCUT2D eigenvalue weighted by molar-refractivity contribution is 7.80. The molecule has 1 heterocycles. The van der Waals surface area contributed by atoms with Crippen molar-refractivity contribution in [2.24, 2.45) is 38.7 Å². The van der Waals surface area contributed by atoms with Gasteiger partial charge in [-0.1, -0.05) is 18.2 Å². The molecule has 17 heteroatoms. The molecule has 0 saturated heterocycles. The van der Waals surface area contributed by atoms with Crippen molar-refractivity contribution in [2.45, 2.75) is 56.3 Å². The lowest BCUT2D eigenvalue weighted by molar-refractivity contribution is -0.142. The molecular formula is C26H41N11O5S. The van der Waals surface area contributed by atoms with Crippen LogP contribution in [-0.4, -0.2) is 88.7 Å². The van der Waals surface area contributed by atoms with Gasteiger partial charge in [0.1, 0.15) is 18.1 Å². The molecular weight excluding hydrogens is 578 g/mol. The fourth-order valence-corrected chi connectivity index (χ4v) is 4.44. The fourth-order valence-electron chi connectivity index (χ4n) is 4.18. The number of guanidine groups is 2. The van der Waals surface area contributed by atoms with E-state index in [1.54, 1.807) is 6.20 Å². The SMILES string of the molecule is NC(N)=NCCCC(NC(=O)C(CS)NC(=O)C(CCCN=C(N)N)NC(=O)C(N)Cc1c[nH]c2ccccc12)C(=O)O. The highest BCUT2D eigenvalue weighted by Crippen LogP contribution is 2.19. The summed E-state index contributed by atoms with van der Waals surface area (Å²) in [4.78, 5) is 61.7. The first-order valence-corrected chi connectivity index (χ1v) is 14.2. The van der Waals surface area contributed by atoms with Crippen LogP contribution in [0.1, 0.15) is 31.2 Å². The number of aromatic nitrogens is 1. The zero-order chi connectivity index (χ0) is 31.9. The van der Waals surface area contributed by atoms with Gasteiger partial charge in [-0.25, -0.2) is 4.79 Å². The molecule has 4 unspecified atom stereocenters. The number of carbonyl (C=O) groups is 4. The Hall–Kier alpha value is -4.51. The van der Waals surface area contributed by atoms with Crippen molar-refractivity contribution >= 4 is 59.1 Å². The van der Waals surface area contributed by atoms with E-state index >= 15 is 0 Å². The number of nitrogens with zero attached hydrogens (tertiary/aromatic N) is 2. The zero-order valence-corrected chi connectivity index (χ0v) is 24.6. The normalized spacial score (nSPS) is 13.6. The predicted molar refractivity (Wildman–Crippen MR) is 167 cm³/mol. The predicted octanol–water partition coefficient (Wildman–Crippen LogP) is -2.39. The van der Waals surface area contributed by atoms with Crippen LogP contribution in [0.2, 0.25) is 0 Å². The van der Waals surface area contributed by atoms with Crippen molar-refractivity contribution in [1.82, 2.24) is 20.9 Å². The Kier molecular flexibility index (Phi) is 14.1. The maximum Gasteiger partial charge on any atom is 0.326 e. The number of thiol groups is 1. The van der Waals surface area contributed by atoms with Crippen LogP contribution in [0.15, 0.2) is 40.4 Å². The molecule has 0 radical (unpaired) electrons. The largest absolute Gasteiger partial charge is 0.480 e. The Morgan fingerprint density at radius 3 is 1.95 bits per heavy atom. The van der Waals surface area contributed by atoms with E-state index in [2.05, 4.69) is 43.5 Å². The van der Waals surface area contributed by atoms with Gasteiger partial charge in [0.2, 0.25) is 17.7 Å². The molecule has 15 N–H and O–H groups in total. The molecule has 43 heavy (non-hydrogen) atoms. The number of hydrogen-bond acceptors (Lipinski definition) is 8. The number of carboxylic acid groups (broad SMARTS) is 1. The van der Waals surface area contributed by atoms with Gasteiger partial charge in [0.15, 0.2) is 11.9 Å². The summed E-state index contributed by atoms with van der Waals surface area (Å²) in [6.45, 7) is 0.373. The number of fused-ring (bicyclic) bond motifs is 1. The minimum absolute atomic E-state index is 0.0445. The summed E-state index contributed by atoms with van der Waals surface area (Å²) in [7, 11) is 0. The number of H-pyrrole nitrogens is 1. The Bertz CT molecular complexity index is 1310. The van der Waals surface area contributed by atoms with Gasteiger partial charge < -0.3 is 54.7 Å². The van der Waals surface area contributed by atoms with Crippen LogP contribution in [0.4, 0.5) is 0 Å². The smallest absolute Gasteiger partial charge is 0.326 e. The van der Waals surface area contributed by atoms with Gasteiger partial charge in [-0.3, -0.25) is 24.4 Å². The van der Waals surface area contributed by atoms with Crippen molar-refractivity contribution in [3.05, 3.63) is 36.0 Å². The minimum atomic E-state index is -1.27. The van der Waals surface area contributed by atoms with Crippen LogP contribution in [0.5, 0.6) is 0 Å². The van der Waals surface area contributed by atoms with Crippen LogP contribution in [0, 0.1) is 0 Å². The van der Waals surface area contributed by atoms with Gasteiger partial charge in [0.05, 0.1) is 6.04 Å². The molecule has 4 atom stereocenters. The van der Waals surface area contributed by atoms with Crippen LogP contribution in [0.25, 0.3) is 10.9 Å². The second-order valence-corrected chi connectivity index (χ2v) is 10.1. The number of aliphatic carboxylic acids is 1. The summed E-state index contributed by atoms with van der Waals surface area (Å²) in [5.41, 5.74) is 29.2. The second kappa shape index (κ2) is 17.4. The molecule has 16 nitrogen and oxygen atoms in total. The van der Waals surface area contributed by atoms with Gasteiger partial charge >= 0.3 is 5.97 Å². The molecule has 1 aromatic carbocycles. The summed E-state index contributed by atoms with van der Waals surface area (Å²) in [5.74, 6) is -3.70. The molecule has 1 aromatic heterocycles. The van der Waals surface area contributed by atoms with Gasteiger partial charge in [0, 0.05) is 35.9 Å². The number of hydrogen-bond donors (Lipinski definition) is 11. The number of nitrogens with two attached hydrogens (primary N) is 5. The van der Waals surface area contributed by atoms with Gasteiger partial charge in [-0.2, -0.15) is 12.6 Å². The molecule has 2 aromatic rings. The van der Waals surface area contributed by atoms with E-state index < -0.39 is 47.9 Å². The zero-order valence-electron chi connectivity index (χ0n) is 23.7. The lowest BCUT2D eigenvalue weighted by atomic mass is 10.0. The summed E-state index contributed by atoms with van der Waals surface area (Å²) >= 11 is 4.15. The first-order chi connectivity index (χ1) is 20.4. The topological polar surface area (TPSA) is 295 Å². The second-order valence-electron chi connectivity index (χ2n) is 9.77. The third kappa shape index (κ3) is 11.7. The molecule has 2 rings (SSSR count). The average molecular weight is 620 g/mol. The third-order valence-electron chi connectivity index (χ3n) is 6.41. The quantitative estimate of drug-likeness (QED) is 0.0364. The van der Waals surface area contributed by atoms with E-state index in [1.165, 1.54) is 0 Å². The van der Waals surface area contributed by atoms with Crippen LogP contribution in [0.3, 0.4) is 0 Å². The van der Waals surface area contributed by atoms with Gasteiger partial charge in [0.25, 0.3) is 0 Å². The molecule has 0 saturated carbocycles. The number of nitrogens with one attached hydrogen (secondary N) is 4. The van der Waals surface area contributed by atoms with Crippen molar-refractivity contribution in [3.8, 4) is 0 Å². The Morgan fingerprint density at radius 1 is 0.837 bits per heavy atom. The number of carboxylic acids is 1.